The predicted octanol–water partition coefficient (Wildman–Crippen LogP) is 1.59. The van der Waals surface area contributed by atoms with E-state index in [4.69, 9.17) is 18.9 Å². The van der Waals surface area contributed by atoms with Crippen LogP contribution in [0.2, 0.25) is 0 Å². The molecule has 1 N–H and O–H groups in total. The van der Waals surface area contributed by atoms with Gasteiger partial charge in [-0.2, -0.15) is 0 Å². The number of ether oxygens (including phenoxy) is 4. The number of hydrogen-bond acceptors (Lipinski definition) is 5. The molecule has 0 amide bonds. The fourth-order valence-corrected chi connectivity index (χ4v) is 2.19. The summed E-state index contributed by atoms with van der Waals surface area (Å²) in [4.78, 5) is 0. The van der Waals surface area contributed by atoms with Crippen molar-refractivity contribution >= 4 is 0 Å². The molecule has 1 aromatic carbocycles. The summed E-state index contributed by atoms with van der Waals surface area (Å²) in [6, 6.07) is 4.13. The molecule has 0 saturated carbocycles. The molecule has 5 nitrogen and oxygen atoms in total. The summed E-state index contributed by atoms with van der Waals surface area (Å²) in [5.41, 5.74) is 0.998. The molecule has 0 spiro atoms. The molecule has 0 aromatic heterocycles. The van der Waals surface area contributed by atoms with E-state index in [1.807, 2.05) is 12.1 Å². The molecular weight excluding hydrogens is 246 g/mol. The second-order valence-corrected chi connectivity index (χ2v) is 4.45. The number of benzene rings is 1. The molecule has 1 aliphatic heterocycles. The highest BCUT2D eigenvalue weighted by molar-refractivity contribution is 5.50. The zero-order valence-corrected chi connectivity index (χ0v) is 11.7. The van der Waals surface area contributed by atoms with Crippen LogP contribution in [0, 0.1) is 0 Å². The van der Waals surface area contributed by atoms with E-state index in [1.165, 1.54) is 0 Å². The standard InChI is InChI=1S/C14H21NO4/c1-16-11-6-13(17-2)12(14(7-11)18-3)8-15-10-4-5-19-9-10/h6-7,10,15H,4-5,8-9H2,1-3H3. The molecule has 0 bridgehead atoms. The van der Waals surface area contributed by atoms with E-state index in [0.717, 1.165) is 42.4 Å². The summed E-state index contributed by atoms with van der Waals surface area (Å²) in [6.45, 7) is 2.28. The van der Waals surface area contributed by atoms with Crippen LogP contribution >= 0.6 is 0 Å². The van der Waals surface area contributed by atoms with E-state index < -0.39 is 0 Å². The maximum Gasteiger partial charge on any atom is 0.130 e. The smallest absolute Gasteiger partial charge is 0.130 e. The van der Waals surface area contributed by atoms with Crippen molar-refractivity contribution in [3.8, 4) is 17.2 Å². The Balaban J connectivity index is 2.16. The van der Waals surface area contributed by atoms with E-state index >= 15 is 0 Å². The van der Waals surface area contributed by atoms with Crippen molar-refractivity contribution in [2.45, 2.75) is 19.0 Å². The van der Waals surface area contributed by atoms with Gasteiger partial charge in [-0.25, -0.2) is 0 Å². The number of nitrogens with one attached hydrogen (secondary N) is 1. The van der Waals surface area contributed by atoms with Gasteiger partial charge in [0.15, 0.2) is 0 Å². The van der Waals surface area contributed by atoms with Crippen LogP contribution in [0.1, 0.15) is 12.0 Å². The molecule has 1 fully saturated rings. The highest BCUT2D eigenvalue weighted by atomic mass is 16.5. The van der Waals surface area contributed by atoms with E-state index in [1.54, 1.807) is 21.3 Å². The Kier molecular flexibility index (Phi) is 4.87. The number of hydrogen-bond donors (Lipinski definition) is 1. The molecule has 1 saturated heterocycles. The van der Waals surface area contributed by atoms with Gasteiger partial charge in [-0.1, -0.05) is 0 Å². The van der Waals surface area contributed by atoms with Crippen LogP contribution in [0.25, 0.3) is 0 Å². The minimum absolute atomic E-state index is 0.400. The lowest BCUT2D eigenvalue weighted by molar-refractivity contribution is 0.189. The van der Waals surface area contributed by atoms with Crippen molar-refractivity contribution in [3.63, 3.8) is 0 Å². The number of methoxy groups -OCH3 is 3. The maximum atomic E-state index is 5.41. The van der Waals surface area contributed by atoms with Gasteiger partial charge < -0.3 is 24.3 Å². The minimum atomic E-state index is 0.400. The fraction of sp³-hybridized carbons (Fsp3) is 0.571. The maximum absolute atomic E-state index is 5.41. The molecule has 1 heterocycles. The van der Waals surface area contributed by atoms with Gasteiger partial charge in [0.05, 0.1) is 33.5 Å². The van der Waals surface area contributed by atoms with Crippen LogP contribution in [0.4, 0.5) is 0 Å². The third-order valence-corrected chi connectivity index (χ3v) is 3.31. The van der Waals surface area contributed by atoms with E-state index in [2.05, 4.69) is 5.32 Å². The predicted molar refractivity (Wildman–Crippen MR) is 72.2 cm³/mol. The quantitative estimate of drug-likeness (QED) is 0.848. The Morgan fingerprint density at radius 1 is 1.16 bits per heavy atom. The molecule has 2 rings (SSSR count). The first kappa shape index (κ1) is 14.0. The monoisotopic (exact) mass is 267 g/mol. The van der Waals surface area contributed by atoms with Gasteiger partial charge in [-0.15, -0.1) is 0 Å². The summed E-state index contributed by atoms with van der Waals surface area (Å²) >= 11 is 0. The molecule has 19 heavy (non-hydrogen) atoms. The Bertz CT molecular complexity index is 391. The van der Waals surface area contributed by atoms with Crippen molar-refractivity contribution in [1.29, 1.82) is 0 Å². The lowest BCUT2D eigenvalue weighted by Gasteiger charge is -2.17. The van der Waals surface area contributed by atoms with Crippen LogP contribution in [-0.2, 0) is 11.3 Å². The van der Waals surface area contributed by atoms with Crippen LogP contribution in [0.15, 0.2) is 12.1 Å². The molecule has 0 radical (unpaired) electrons. The minimum Gasteiger partial charge on any atom is -0.496 e. The van der Waals surface area contributed by atoms with Crippen molar-refractivity contribution in [2.24, 2.45) is 0 Å². The van der Waals surface area contributed by atoms with Crippen LogP contribution < -0.4 is 19.5 Å². The second-order valence-electron chi connectivity index (χ2n) is 4.45. The normalized spacial score (nSPS) is 18.4. The Morgan fingerprint density at radius 3 is 2.32 bits per heavy atom. The third-order valence-electron chi connectivity index (χ3n) is 3.31. The molecule has 106 valence electrons. The Hall–Kier alpha value is -1.46. The first-order valence-electron chi connectivity index (χ1n) is 6.38. The van der Waals surface area contributed by atoms with Crippen LogP contribution in [0.3, 0.4) is 0 Å². The Labute approximate surface area is 113 Å². The van der Waals surface area contributed by atoms with Crippen molar-refractivity contribution in [1.82, 2.24) is 5.32 Å². The van der Waals surface area contributed by atoms with Crippen molar-refractivity contribution in [2.75, 3.05) is 34.5 Å². The number of rotatable bonds is 6. The molecular formula is C14H21NO4. The van der Waals surface area contributed by atoms with Gasteiger partial charge in [0, 0.05) is 31.3 Å². The molecule has 5 heteroatoms. The van der Waals surface area contributed by atoms with Crippen molar-refractivity contribution < 1.29 is 18.9 Å². The fourth-order valence-electron chi connectivity index (χ4n) is 2.19. The third kappa shape index (κ3) is 3.30. The molecule has 1 atom stereocenters. The largest absolute Gasteiger partial charge is 0.496 e. The summed E-state index contributed by atoms with van der Waals surface area (Å²) < 4.78 is 21.4. The van der Waals surface area contributed by atoms with Gasteiger partial charge in [0.1, 0.15) is 17.2 Å². The van der Waals surface area contributed by atoms with Crippen LogP contribution in [0.5, 0.6) is 17.2 Å². The first-order valence-corrected chi connectivity index (χ1v) is 6.38. The average molecular weight is 267 g/mol. The summed E-state index contributed by atoms with van der Waals surface area (Å²) in [6.07, 6.45) is 1.04. The van der Waals surface area contributed by atoms with Gasteiger partial charge in [0.2, 0.25) is 0 Å². The molecule has 0 aliphatic carbocycles. The van der Waals surface area contributed by atoms with Crippen LogP contribution in [-0.4, -0.2) is 40.6 Å². The lowest BCUT2D eigenvalue weighted by atomic mass is 10.1. The summed E-state index contributed by atoms with van der Waals surface area (Å²) in [7, 11) is 4.93. The van der Waals surface area contributed by atoms with Gasteiger partial charge >= 0.3 is 0 Å². The summed E-state index contributed by atoms with van der Waals surface area (Å²) in [5, 5.41) is 3.46. The zero-order chi connectivity index (χ0) is 13.7. The van der Waals surface area contributed by atoms with Crippen molar-refractivity contribution in [3.05, 3.63) is 17.7 Å². The SMILES string of the molecule is COc1cc(OC)c(CNC2CCOC2)c(OC)c1. The highest BCUT2D eigenvalue weighted by Crippen LogP contribution is 2.34. The molecule has 1 aromatic rings. The van der Waals surface area contributed by atoms with Gasteiger partial charge in [-0.3, -0.25) is 0 Å². The van der Waals surface area contributed by atoms with Gasteiger partial charge in [-0.05, 0) is 6.42 Å². The highest BCUT2D eigenvalue weighted by Gasteiger charge is 2.18. The van der Waals surface area contributed by atoms with E-state index in [9.17, 15) is 0 Å². The Morgan fingerprint density at radius 2 is 1.84 bits per heavy atom. The average Bonchev–Trinajstić information content (AvgIpc) is 2.97. The topological polar surface area (TPSA) is 49.0 Å². The van der Waals surface area contributed by atoms with E-state index in [-0.39, 0.29) is 0 Å². The second kappa shape index (κ2) is 6.63. The molecule has 1 aliphatic rings. The zero-order valence-electron chi connectivity index (χ0n) is 11.7. The van der Waals surface area contributed by atoms with Gasteiger partial charge in [0.25, 0.3) is 0 Å². The first-order chi connectivity index (χ1) is 9.28. The summed E-state index contributed by atoms with van der Waals surface area (Å²) in [5.74, 6) is 2.26. The van der Waals surface area contributed by atoms with E-state index in [0.29, 0.717) is 12.6 Å². The lowest BCUT2D eigenvalue weighted by Crippen LogP contribution is -2.28. The molecule has 1 unspecified atom stereocenters.